The molecule has 2 bridgehead atoms. The Kier molecular flexibility index (Phi) is 7.79. The average Bonchev–Trinajstić information content (AvgIpc) is 3.14. The second kappa shape index (κ2) is 11.0. The fraction of sp³-hybridized carbons (Fsp3) is 0.515. The van der Waals surface area contributed by atoms with Crippen LogP contribution in [0.5, 0.6) is 5.75 Å². The molecule has 5 rings (SSSR count). The topological polar surface area (TPSA) is 110 Å². The molecule has 4 atom stereocenters. The van der Waals surface area contributed by atoms with Gasteiger partial charge >= 0.3 is 6.09 Å². The van der Waals surface area contributed by atoms with Crippen molar-refractivity contribution in [3.63, 3.8) is 0 Å². The molecule has 2 fully saturated rings. The van der Waals surface area contributed by atoms with E-state index in [0.29, 0.717) is 11.4 Å². The number of amides is 1. The van der Waals surface area contributed by atoms with Gasteiger partial charge in [-0.1, -0.05) is 26.8 Å². The largest absolute Gasteiger partial charge is 0.467 e. The van der Waals surface area contributed by atoms with Crippen molar-refractivity contribution in [3.8, 4) is 28.1 Å². The number of pyridine rings is 1. The van der Waals surface area contributed by atoms with Crippen LogP contribution >= 0.6 is 0 Å². The van der Waals surface area contributed by atoms with Crippen molar-refractivity contribution < 1.29 is 19.4 Å². The Morgan fingerprint density at radius 3 is 2.42 bits per heavy atom. The highest BCUT2D eigenvalue weighted by Crippen LogP contribution is 2.58. The van der Waals surface area contributed by atoms with E-state index in [1.165, 1.54) is 4.57 Å². The quantitative estimate of drug-likeness (QED) is 0.352. The minimum absolute atomic E-state index is 0.0576. The molecule has 230 valence electrons. The zero-order chi connectivity index (χ0) is 31.3. The highest BCUT2D eigenvalue weighted by molar-refractivity contribution is 5.75. The zero-order valence-electron chi connectivity index (χ0n) is 26.4. The van der Waals surface area contributed by atoms with E-state index in [1.54, 1.807) is 31.3 Å². The fourth-order valence-corrected chi connectivity index (χ4v) is 7.86. The molecule has 2 aliphatic rings. The summed E-state index contributed by atoms with van der Waals surface area (Å²) in [5, 5.41) is 19.5. The van der Waals surface area contributed by atoms with Crippen LogP contribution in [-0.2, 0) is 11.8 Å². The summed E-state index contributed by atoms with van der Waals surface area (Å²) in [7, 11) is 5.32. The molecule has 0 aliphatic carbocycles. The number of carboxylic acid groups (broad SMARTS) is 1. The number of benzene rings is 1. The summed E-state index contributed by atoms with van der Waals surface area (Å²) in [6.07, 6.45) is 3.30. The number of piperidine rings is 1. The summed E-state index contributed by atoms with van der Waals surface area (Å²) in [5.41, 5.74) is 1.88. The Bertz CT molecular complexity index is 1570. The van der Waals surface area contributed by atoms with Crippen LogP contribution in [0.3, 0.4) is 0 Å². The van der Waals surface area contributed by atoms with Crippen molar-refractivity contribution in [2.24, 2.45) is 18.4 Å². The Morgan fingerprint density at radius 2 is 1.81 bits per heavy atom. The van der Waals surface area contributed by atoms with Gasteiger partial charge in [0.05, 0.1) is 5.69 Å². The smallest absolute Gasteiger partial charge is 0.408 e. The van der Waals surface area contributed by atoms with Gasteiger partial charge in [0.1, 0.15) is 5.75 Å². The lowest BCUT2D eigenvalue weighted by molar-refractivity contribution is -0.0615. The first-order valence-electron chi connectivity index (χ1n) is 14.7. The molecule has 10 nitrogen and oxygen atoms in total. The first-order valence-corrected chi connectivity index (χ1v) is 14.7. The van der Waals surface area contributed by atoms with Gasteiger partial charge in [-0.05, 0) is 80.0 Å². The van der Waals surface area contributed by atoms with Gasteiger partial charge in [0.2, 0.25) is 0 Å². The number of anilines is 1. The standard InChI is InChI=1S/C33H43N5O5/c1-31(2,3)29-25(19-32(4)14-15-33(29,5)38(32)30(40)41)37(7)27-12-11-24(34-35-27)23-10-9-21(17-26(23)43-20-42-8)22-13-16-36(6)28(39)18-22/h9-13,16-18,25,29H,14-15,19-20H2,1-8H3,(H,40,41)/t25-,29?,32-,33+/m0/s1. The van der Waals surface area contributed by atoms with Crippen molar-refractivity contribution >= 4 is 11.9 Å². The molecule has 0 spiro atoms. The first kappa shape index (κ1) is 30.5. The zero-order valence-corrected chi connectivity index (χ0v) is 26.4. The highest BCUT2D eigenvalue weighted by Gasteiger charge is 2.65. The normalized spacial score (nSPS) is 25.1. The van der Waals surface area contributed by atoms with E-state index in [-0.39, 0.29) is 29.7 Å². The minimum Gasteiger partial charge on any atom is -0.467 e. The van der Waals surface area contributed by atoms with Crippen LogP contribution in [0.15, 0.2) is 53.5 Å². The molecule has 2 aromatic heterocycles. The minimum atomic E-state index is -0.839. The van der Waals surface area contributed by atoms with Gasteiger partial charge in [0.25, 0.3) is 5.56 Å². The van der Waals surface area contributed by atoms with Crippen LogP contribution in [0.2, 0.25) is 0 Å². The third kappa shape index (κ3) is 5.37. The predicted molar refractivity (Wildman–Crippen MR) is 166 cm³/mol. The number of ether oxygens (including phenoxy) is 2. The van der Waals surface area contributed by atoms with Gasteiger partial charge in [-0.3, -0.25) is 9.69 Å². The predicted octanol–water partition coefficient (Wildman–Crippen LogP) is 5.65. The van der Waals surface area contributed by atoms with Crippen LogP contribution in [0, 0.1) is 11.3 Å². The van der Waals surface area contributed by atoms with Gasteiger partial charge in [-0.15, -0.1) is 10.2 Å². The van der Waals surface area contributed by atoms with Crippen LogP contribution in [0.25, 0.3) is 22.4 Å². The molecular weight excluding hydrogens is 546 g/mol. The Morgan fingerprint density at radius 1 is 1.09 bits per heavy atom. The molecule has 0 radical (unpaired) electrons. The van der Waals surface area contributed by atoms with Gasteiger partial charge in [0, 0.05) is 62.1 Å². The Balaban J connectivity index is 1.47. The van der Waals surface area contributed by atoms with Crippen molar-refractivity contribution in [1.29, 1.82) is 0 Å². The molecule has 1 N–H and O–H groups in total. The lowest BCUT2D eigenvalue weighted by atomic mass is 9.62. The van der Waals surface area contributed by atoms with Crippen LogP contribution in [0.1, 0.15) is 53.9 Å². The second-order valence-corrected chi connectivity index (χ2v) is 13.6. The number of hydrogen-bond donors (Lipinski definition) is 1. The van der Waals surface area contributed by atoms with Crippen molar-refractivity contribution in [1.82, 2.24) is 19.7 Å². The molecule has 1 unspecified atom stereocenters. The molecule has 0 saturated carbocycles. The van der Waals surface area contributed by atoms with Gasteiger partial charge < -0.3 is 24.0 Å². The van der Waals surface area contributed by atoms with E-state index >= 15 is 0 Å². The van der Waals surface area contributed by atoms with Crippen molar-refractivity contribution in [3.05, 3.63) is 59.0 Å². The van der Waals surface area contributed by atoms with Crippen molar-refractivity contribution in [2.75, 3.05) is 25.9 Å². The molecule has 1 amide bonds. The Hall–Kier alpha value is -3.92. The SMILES string of the molecule is COCOc1cc(-c2ccn(C)c(=O)c2)ccc1-c1ccc(N(C)[C@H]2C[C@]3(C)CC[C@](C)(C2C(C)(C)C)N3C(=O)O)nn1. The Labute approximate surface area is 253 Å². The van der Waals surface area contributed by atoms with E-state index in [9.17, 15) is 14.7 Å². The molecule has 43 heavy (non-hydrogen) atoms. The maximum atomic E-state index is 12.5. The summed E-state index contributed by atoms with van der Waals surface area (Å²) >= 11 is 0. The molecule has 1 aromatic carbocycles. The van der Waals surface area contributed by atoms with Gasteiger partial charge in [0.15, 0.2) is 12.6 Å². The first-order chi connectivity index (χ1) is 20.2. The lowest BCUT2D eigenvalue weighted by Gasteiger charge is -2.59. The molecule has 10 heteroatoms. The number of aryl methyl sites for hydroxylation is 1. The summed E-state index contributed by atoms with van der Waals surface area (Å²) in [5.74, 6) is 1.38. The number of nitrogens with zero attached hydrogens (tertiary/aromatic N) is 5. The van der Waals surface area contributed by atoms with E-state index in [0.717, 1.165) is 41.8 Å². The molecule has 4 heterocycles. The third-order valence-corrected chi connectivity index (χ3v) is 9.59. The maximum Gasteiger partial charge on any atom is 0.408 e. The lowest BCUT2D eigenvalue weighted by Crippen LogP contribution is -2.69. The van der Waals surface area contributed by atoms with E-state index in [4.69, 9.17) is 9.47 Å². The monoisotopic (exact) mass is 589 g/mol. The fourth-order valence-electron chi connectivity index (χ4n) is 7.86. The van der Waals surface area contributed by atoms with E-state index in [2.05, 4.69) is 49.7 Å². The third-order valence-electron chi connectivity index (χ3n) is 9.59. The molecule has 3 aromatic rings. The molecule has 2 aliphatic heterocycles. The van der Waals surface area contributed by atoms with E-state index < -0.39 is 17.2 Å². The van der Waals surface area contributed by atoms with Gasteiger partial charge in [-0.2, -0.15) is 0 Å². The highest BCUT2D eigenvalue weighted by atomic mass is 16.7. The van der Waals surface area contributed by atoms with Crippen LogP contribution in [-0.4, -0.2) is 68.9 Å². The number of hydrogen-bond acceptors (Lipinski definition) is 7. The summed E-state index contributed by atoms with van der Waals surface area (Å²) in [4.78, 5) is 28.6. The maximum absolute atomic E-state index is 12.5. The van der Waals surface area contributed by atoms with Crippen LogP contribution in [0.4, 0.5) is 10.6 Å². The number of rotatable bonds is 7. The number of methoxy groups -OCH3 is 1. The summed E-state index contributed by atoms with van der Waals surface area (Å²) in [6.45, 7) is 10.9. The number of aromatic nitrogens is 3. The number of carbonyl (C=O) groups is 1. The van der Waals surface area contributed by atoms with E-state index in [1.807, 2.05) is 43.4 Å². The molecule has 2 saturated heterocycles. The van der Waals surface area contributed by atoms with Crippen molar-refractivity contribution in [2.45, 2.75) is 71.0 Å². The second-order valence-electron chi connectivity index (χ2n) is 13.6. The number of fused-ring (bicyclic) bond motifs is 2. The summed E-state index contributed by atoms with van der Waals surface area (Å²) in [6, 6.07) is 13.2. The van der Waals surface area contributed by atoms with Gasteiger partial charge in [-0.25, -0.2) is 4.79 Å². The average molecular weight is 590 g/mol. The van der Waals surface area contributed by atoms with Crippen LogP contribution < -0.4 is 15.2 Å². The summed E-state index contributed by atoms with van der Waals surface area (Å²) < 4.78 is 12.6. The molecular formula is C33H43N5O5.